The van der Waals surface area contributed by atoms with Gasteiger partial charge >= 0.3 is 12.0 Å². The van der Waals surface area contributed by atoms with Gasteiger partial charge in [0.15, 0.2) is 6.10 Å². The Balaban J connectivity index is 2.68. The summed E-state index contributed by atoms with van der Waals surface area (Å²) in [5, 5.41) is 16.2. The van der Waals surface area contributed by atoms with Gasteiger partial charge in [-0.1, -0.05) is 12.1 Å². The van der Waals surface area contributed by atoms with Gasteiger partial charge in [0.25, 0.3) is 5.91 Å². The number of amides is 3. The van der Waals surface area contributed by atoms with Crippen molar-refractivity contribution in [2.45, 2.75) is 20.0 Å². The fourth-order valence-corrected chi connectivity index (χ4v) is 1.70. The predicted octanol–water partition coefficient (Wildman–Crippen LogP) is 0.482. The van der Waals surface area contributed by atoms with Crippen molar-refractivity contribution >= 4 is 23.6 Å². The fourth-order valence-electron chi connectivity index (χ4n) is 1.70. The molecule has 0 radical (unpaired) electrons. The Morgan fingerprint density at radius 1 is 1.26 bits per heavy atom. The number of nitrogens with one attached hydrogen (secondary N) is 3. The molecule has 1 rings (SSSR count). The third-order valence-corrected chi connectivity index (χ3v) is 2.80. The van der Waals surface area contributed by atoms with E-state index in [0.717, 1.165) is 0 Å². The lowest BCUT2D eigenvalue weighted by atomic mass is 10.2. The van der Waals surface area contributed by atoms with Gasteiger partial charge in [0.2, 0.25) is 0 Å². The van der Waals surface area contributed by atoms with E-state index in [1.54, 1.807) is 25.1 Å². The van der Waals surface area contributed by atoms with Crippen LogP contribution >= 0.6 is 0 Å². The third-order valence-electron chi connectivity index (χ3n) is 2.80. The number of hydrogen-bond acceptors (Lipinski definition) is 6. The Kier molecular flexibility index (Phi) is 7.55. The van der Waals surface area contributed by atoms with Crippen LogP contribution < -0.4 is 16.0 Å². The SMILES string of the molecule is CCNC(=O)NC(=O)[C@@H](C)OC(=O)c1ccccc1NCCO. The predicted molar refractivity (Wildman–Crippen MR) is 84.1 cm³/mol. The van der Waals surface area contributed by atoms with Crippen molar-refractivity contribution < 1.29 is 24.2 Å². The molecule has 8 heteroatoms. The molecule has 1 aromatic carbocycles. The molecule has 1 aromatic rings. The molecule has 0 unspecified atom stereocenters. The molecule has 0 bridgehead atoms. The normalized spacial score (nSPS) is 11.3. The summed E-state index contributed by atoms with van der Waals surface area (Å²) in [4.78, 5) is 35.2. The molecular formula is C15H21N3O5. The number of hydrogen-bond donors (Lipinski definition) is 4. The van der Waals surface area contributed by atoms with Crippen LogP contribution in [0.4, 0.5) is 10.5 Å². The number of imide groups is 1. The molecule has 0 spiro atoms. The maximum Gasteiger partial charge on any atom is 0.341 e. The topological polar surface area (TPSA) is 117 Å². The molecule has 4 N–H and O–H groups in total. The van der Waals surface area contributed by atoms with Crippen molar-refractivity contribution in [2.75, 3.05) is 25.0 Å². The van der Waals surface area contributed by atoms with E-state index in [1.807, 2.05) is 0 Å². The quantitative estimate of drug-likeness (QED) is 0.542. The first kappa shape index (κ1) is 18.4. The highest BCUT2D eigenvalue weighted by Crippen LogP contribution is 2.16. The van der Waals surface area contributed by atoms with E-state index in [-0.39, 0.29) is 18.7 Å². The monoisotopic (exact) mass is 323 g/mol. The van der Waals surface area contributed by atoms with E-state index in [0.29, 0.717) is 12.2 Å². The summed E-state index contributed by atoms with van der Waals surface area (Å²) in [7, 11) is 0. The van der Waals surface area contributed by atoms with E-state index in [4.69, 9.17) is 9.84 Å². The van der Waals surface area contributed by atoms with Crippen molar-refractivity contribution in [2.24, 2.45) is 0 Å². The minimum Gasteiger partial charge on any atom is -0.449 e. The number of esters is 1. The molecule has 0 fully saturated rings. The number of anilines is 1. The van der Waals surface area contributed by atoms with Crippen LogP contribution in [-0.4, -0.2) is 48.8 Å². The number of carbonyl (C=O) groups excluding carboxylic acids is 3. The lowest BCUT2D eigenvalue weighted by molar-refractivity contribution is -0.127. The van der Waals surface area contributed by atoms with Crippen LogP contribution in [0, 0.1) is 0 Å². The van der Waals surface area contributed by atoms with Gasteiger partial charge in [-0.3, -0.25) is 10.1 Å². The fraction of sp³-hybridized carbons (Fsp3) is 0.400. The summed E-state index contributed by atoms with van der Waals surface area (Å²) in [5.74, 6) is -1.42. The number of benzene rings is 1. The highest BCUT2D eigenvalue weighted by Gasteiger charge is 2.22. The summed E-state index contributed by atoms with van der Waals surface area (Å²) in [6.07, 6.45) is -1.13. The van der Waals surface area contributed by atoms with Crippen LogP contribution in [0.3, 0.4) is 0 Å². The zero-order chi connectivity index (χ0) is 17.2. The maximum atomic E-state index is 12.1. The minimum atomic E-state index is -1.13. The zero-order valence-corrected chi connectivity index (χ0v) is 13.1. The van der Waals surface area contributed by atoms with Gasteiger partial charge < -0.3 is 20.5 Å². The van der Waals surface area contributed by atoms with Gasteiger partial charge in [-0.05, 0) is 26.0 Å². The zero-order valence-electron chi connectivity index (χ0n) is 13.1. The second kappa shape index (κ2) is 9.42. The van der Waals surface area contributed by atoms with Crippen LogP contribution in [0.25, 0.3) is 0 Å². The van der Waals surface area contributed by atoms with Crippen molar-refractivity contribution in [1.82, 2.24) is 10.6 Å². The number of carbonyl (C=O) groups is 3. The number of para-hydroxylation sites is 1. The average Bonchev–Trinajstić information content (AvgIpc) is 2.53. The summed E-state index contributed by atoms with van der Waals surface area (Å²) in [5.41, 5.74) is 0.724. The first-order chi connectivity index (χ1) is 11.0. The Bertz CT molecular complexity index is 562. The van der Waals surface area contributed by atoms with Gasteiger partial charge in [0, 0.05) is 18.8 Å². The van der Waals surface area contributed by atoms with E-state index >= 15 is 0 Å². The number of urea groups is 1. The van der Waals surface area contributed by atoms with Crippen LogP contribution in [0.2, 0.25) is 0 Å². The summed E-state index contributed by atoms with van der Waals surface area (Å²) in [6, 6.07) is 5.93. The lowest BCUT2D eigenvalue weighted by Gasteiger charge is -2.15. The molecule has 0 saturated carbocycles. The van der Waals surface area contributed by atoms with E-state index < -0.39 is 24.0 Å². The van der Waals surface area contributed by atoms with Crippen molar-refractivity contribution in [3.05, 3.63) is 29.8 Å². The van der Waals surface area contributed by atoms with Crippen LogP contribution in [-0.2, 0) is 9.53 Å². The second-order valence-electron chi connectivity index (χ2n) is 4.59. The molecule has 0 aromatic heterocycles. The van der Waals surface area contributed by atoms with Crippen molar-refractivity contribution in [3.63, 3.8) is 0 Å². The summed E-state index contributed by atoms with van der Waals surface area (Å²) < 4.78 is 5.06. The smallest absolute Gasteiger partial charge is 0.341 e. The van der Waals surface area contributed by atoms with Crippen molar-refractivity contribution in [3.8, 4) is 0 Å². The van der Waals surface area contributed by atoms with E-state index in [9.17, 15) is 14.4 Å². The molecule has 126 valence electrons. The van der Waals surface area contributed by atoms with Crippen molar-refractivity contribution in [1.29, 1.82) is 0 Å². The molecule has 3 amide bonds. The lowest BCUT2D eigenvalue weighted by Crippen LogP contribution is -2.44. The Morgan fingerprint density at radius 2 is 1.96 bits per heavy atom. The average molecular weight is 323 g/mol. The number of rotatable bonds is 7. The highest BCUT2D eigenvalue weighted by atomic mass is 16.5. The van der Waals surface area contributed by atoms with Gasteiger partial charge in [0.05, 0.1) is 12.2 Å². The molecule has 23 heavy (non-hydrogen) atoms. The van der Waals surface area contributed by atoms with E-state index in [2.05, 4.69) is 16.0 Å². The largest absolute Gasteiger partial charge is 0.449 e. The van der Waals surface area contributed by atoms with Gasteiger partial charge in [-0.2, -0.15) is 0 Å². The molecule has 0 aliphatic rings. The Morgan fingerprint density at radius 3 is 2.61 bits per heavy atom. The van der Waals surface area contributed by atoms with Gasteiger partial charge in [-0.15, -0.1) is 0 Å². The molecule has 0 aliphatic carbocycles. The standard InChI is InChI=1S/C15H21N3O5/c1-3-16-15(22)18-13(20)10(2)23-14(21)11-6-4-5-7-12(11)17-8-9-19/h4-7,10,17,19H,3,8-9H2,1-2H3,(H2,16,18,20,22)/t10-/m1/s1. The van der Waals surface area contributed by atoms with Crippen LogP contribution in [0.1, 0.15) is 24.2 Å². The van der Waals surface area contributed by atoms with E-state index in [1.165, 1.54) is 13.0 Å². The Hall–Kier alpha value is -2.61. The molecule has 0 aliphatic heterocycles. The van der Waals surface area contributed by atoms with Gasteiger partial charge in [-0.25, -0.2) is 9.59 Å². The summed E-state index contributed by atoms with van der Waals surface area (Å²) in [6.45, 7) is 3.64. The first-order valence-electron chi connectivity index (χ1n) is 7.23. The molecule has 0 saturated heterocycles. The molecule has 1 atom stereocenters. The minimum absolute atomic E-state index is 0.0886. The molecule has 0 heterocycles. The number of aliphatic hydroxyl groups is 1. The maximum absolute atomic E-state index is 12.1. The number of aliphatic hydroxyl groups excluding tert-OH is 1. The van der Waals surface area contributed by atoms with Crippen LogP contribution in [0.15, 0.2) is 24.3 Å². The Labute approximate surface area is 134 Å². The summed E-state index contributed by atoms with van der Waals surface area (Å²) >= 11 is 0. The van der Waals surface area contributed by atoms with Crippen LogP contribution in [0.5, 0.6) is 0 Å². The van der Waals surface area contributed by atoms with Gasteiger partial charge in [0.1, 0.15) is 0 Å². The molecule has 8 nitrogen and oxygen atoms in total. The number of ether oxygens (including phenoxy) is 1. The molecular weight excluding hydrogens is 302 g/mol. The first-order valence-corrected chi connectivity index (χ1v) is 7.23. The second-order valence-corrected chi connectivity index (χ2v) is 4.59. The highest BCUT2D eigenvalue weighted by molar-refractivity contribution is 6.00. The third kappa shape index (κ3) is 5.95.